The molecule has 0 unspecified atom stereocenters. The Bertz CT molecular complexity index is 870. The lowest BCUT2D eigenvalue weighted by Crippen LogP contribution is -2.19. The Morgan fingerprint density at radius 2 is 0.542 bits per heavy atom. The molecular weight excluding hydrogens is 581 g/mol. The minimum absolute atomic E-state index is 1.04. The summed E-state index contributed by atoms with van der Waals surface area (Å²) in [6, 6.07) is 18.5. The van der Waals surface area contributed by atoms with Crippen LogP contribution in [0.3, 0.4) is 0 Å². The van der Waals surface area contributed by atoms with E-state index in [1.165, 1.54) is 202 Å². The molecule has 48 heavy (non-hydrogen) atoms. The van der Waals surface area contributed by atoms with Crippen LogP contribution in [0.1, 0.15) is 192 Å². The quantitative estimate of drug-likeness (QED) is 0.0703. The second-order valence-electron chi connectivity index (χ2n) is 15.4. The van der Waals surface area contributed by atoms with Crippen LogP contribution < -0.4 is 0 Å². The van der Waals surface area contributed by atoms with Gasteiger partial charge < -0.3 is 9.80 Å². The summed E-state index contributed by atoms with van der Waals surface area (Å²) >= 11 is 0. The maximum atomic E-state index is 2.50. The molecule has 0 aliphatic heterocycles. The molecule has 0 heterocycles. The summed E-state index contributed by atoms with van der Waals surface area (Å²) < 4.78 is 0. The Labute approximate surface area is 300 Å². The van der Waals surface area contributed by atoms with E-state index in [2.05, 4.69) is 86.3 Å². The molecule has 274 valence electrons. The number of rotatable bonds is 33. The Morgan fingerprint density at radius 3 is 0.792 bits per heavy atom. The summed E-state index contributed by atoms with van der Waals surface area (Å²) in [6.07, 6.45) is 37.0. The summed E-state index contributed by atoms with van der Waals surface area (Å²) in [4.78, 5) is 4.99. The summed E-state index contributed by atoms with van der Waals surface area (Å²) in [7, 11) is 4.56. The maximum absolute atomic E-state index is 2.50. The molecule has 0 bridgehead atoms. The van der Waals surface area contributed by atoms with Crippen molar-refractivity contribution in [3.05, 3.63) is 59.7 Å². The van der Waals surface area contributed by atoms with Gasteiger partial charge in [-0.3, -0.25) is 0 Å². The zero-order valence-corrected chi connectivity index (χ0v) is 32.7. The predicted octanol–water partition coefficient (Wildman–Crippen LogP) is 14.4. The smallest absolute Gasteiger partial charge is 0.0230 e. The second-order valence-corrected chi connectivity index (χ2v) is 15.4. The molecule has 0 saturated heterocycles. The van der Waals surface area contributed by atoms with Gasteiger partial charge in [0, 0.05) is 13.1 Å². The van der Waals surface area contributed by atoms with E-state index in [1.807, 2.05) is 0 Å². The van der Waals surface area contributed by atoms with E-state index in [1.54, 1.807) is 0 Å². The average molecular weight is 661 g/mol. The number of hydrogen-bond acceptors (Lipinski definition) is 2. The van der Waals surface area contributed by atoms with Crippen LogP contribution in [0.25, 0.3) is 11.1 Å². The molecule has 0 aromatic heterocycles. The van der Waals surface area contributed by atoms with E-state index >= 15 is 0 Å². The summed E-state index contributed by atoms with van der Waals surface area (Å²) in [5, 5.41) is 0. The highest BCUT2D eigenvalue weighted by molar-refractivity contribution is 5.63. The third-order valence-electron chi connectivity index (χ3n) is 10.4. The first-order chi connectivity index (χ1) is 23.6. The van der Waals surface area contributed by atoms with Crippen LogP contribution in [0.2, 0.25) is 0 Å². The van der Waals surface area contributed by atoms with Crippen LogP contribution in [-0.2, 0) is 13.1 Å². The van der Waals surface area contributed by atoms with Gasteiger partial charge in [-0.25, -0.2) is 0 Å². The molecule has 0 radical (unpaired) electrons. The molecule has 2 aromatic carbocycles. The van der Waals surface area contributed by atoms with Crippen molar-refractivity contribution >= 4 is 0 Å². The highest BCUT2D eigenvalue weighted by Crippen LogP contribution is 2.22. The first-order valence-electron chi connectivity index (χ1n) is 21.2. The third kappa shape index (κ3) is 22.9. The molecule has 0 amide bonds. The molecule has 0 fully saturated rings. The zero-order chi connectivity index (χ0) is 34.3. The minimum Gasteiger partial charge on any atom is -0.302 e. The fraction of sp³-hybridized carbons (Fsp3) is 0.739. The van der Waals surface area contributed by atoms with Gasteiger partial charge in [0.05, 0.1) is 0 Å². The normalized spacial score (nSPS) is 11.7. The average Bonchev–Trinajstić information content (AvgIpc) is 3.09. The van der Waals surface area contributed by atoms with Gasteiger partial charge in [0.1, 0.15) is 0 Å². The lowest BCUT2D eigenvalue weighted by molar-refractivity contribution is 0.316. The molecule has 0 spiro atoms. The Kier molecular flexibility index (Phi) is 26.8. The van der Waals surface area contributed by atoms with Crippen molar-refractivity contribution in [3.8, 4) is 11.1 Å². The van der Waals surface area contributed by atoms with E-state index in [4.69, 9.17) is 0 Å². The maximum Gasteiger partial charge on any atom is 0.0230 e. The molecule has 2 aromatic rings. The highest BCUT2D eigenvalue weighted by Gasteiger charge is 2.05. The van der Waals surface area contributed by atoms with Crippen molar-refractivity contribution in [2.45, 2.75) is 194 Å². The van der Waals surface area contributed by atoms with Crippen molar-refractivity contribution < 1.29 is 0 Å². The van der Waals surface area contributed by atoms with Crippen LogP contribution in [0.5, 0.6) is 0 Å². The van der Waals surface area contributed by atoms with Gasteiger partial charge in [-0.05, 0) is 62.3 Å². The molecule has 0 saturated carbocycles. The first kappa shape index (κ1) is 42.5. The number of unbranched alkanes of at least 4 members (excludes halogenated alkanes) is 24. The Morgan fingerprint density at radius 1 is 0.312 bits per heavy atom. The largest absolute Gasteiger partial charge is 0.302 e. The van der Waals surface area contributed by atoms with Gasteiger partial charge in [-0.2, -0.15) is 0 Å². The Balaban J connectivity index is 1.49. The third-order valence-corrected chi connectivity index (χ3v) is 10.4. The summed E-state index contributed by atoms with van der Waals surface area (Å²) in [5.74, 6) is 0. The van der Waals surface area contributed by atoms with Crippen molar-refractivity contribution in [3.63, 3.8) is 0 Å². The van der Waals surface area contributed by atoms with E-state index in [0.717, 1.165) is 13.1 Å². The van der Waals surface area contributed by atoms with Crippen LogP contribution >= 0.6 is 0 Å². The van der Waals surface area contributed by atoms with Crippen molar-refractivity contribution in [2.75, 3.05) is 27.2 Å². The molecule has 0 aliphatic rings. The van der Waals surface area contributed by atoms with E-state index in [-0.39, 0.29) is 0 Å². The summed E-state index contributed by atoms with van der Waals surface area (Å²) in [5.41, 5.74) is 5.49. The topological polar surface area (TPSA) is 6.48 Å². The van der Waals surface area contributed by atoms with Gasteiger partial charge in [0.25, 0.3) is 0 Å². The van der Waals surface area contributed by atoms with Gasteiger partial charge in [-0.15, -0.1) is 0 Å². The lowest BCUT2D eigenvalue weighted by atomic mass is 10.0. The summed E-state index contributed by atoms with van der Waals surface area (Å²) in [6.45, 7) is 9.10. The van der Waals surface area contributed by atoms with Crippen LogP contribution in [0.15, 0.2) is 48.5 Å². The molecule has 2 nitrogen and oxygen atoms in total. The van der Waals surface area contributed by atoms with Gasteiger partial charge >= 0.3 is 0 Å². The molecular formula is C46H80N2. The lowest BCUT2D eigenvalue weighted by Gasteiger charge is -2.17. The SMILES string of the molecule is CCCCCCCCCCCCCCCN(C)Cc1ccc(-c2ccc(CN(C)CCCCCCCCCCCCCCC)cc2)cc1. The molecule has 2 rings (SSSR count). The van der Waals surface area contributed by atoms with Crippen molar-refractivity contribution in [1.82, 2.24) is 9.80 Å². The van der Waals surface area contributed by atoms with Gasteiger partial charge in [0.15, 0.2) is 0 Å². The highest BCUT2D eigenvalue weighted by atomic mass is 15.1. The van der Waals surface area contributed by atoms with E-state index < -0.39 is 0 Å². The monoisotopic (exact) mass is 661 g/mol. The molecule has 0 atom stereocenters. The predicted molar refractivity (Wildman–Crippen MR) is 216 cm³/mol. The Hall–Kier alpha value is -1.64. The standard InChI is InChI=1S/C46H80N2/c1-5-7-9-11-13-15-17-19-21-23-25-27-29-39-47(3)41-43-31-35-45(36-32-43)46-37-33-44(34-38-46)42-48(4)40-30-28-26-24-22-20-18-16-14-12-10-8-6-2/h31-38H,5-30,39-42H2,1-4H3. The van der Waals surface area contributed by atoms with Crippen molar-refractivity contribution in [2.24, 2.45) is 0 Å². The molecule has 0 aliphatic carbocycles. The fourth-order valence-corrected chi connectivity index (χ4v) is 7.19. The minimum atomic E-state index is 1.04. The number of nitrogens with zero attached hydrogens (tertiary/aromatic N) is 2. The van der Waals surface area contributed by atoms with Crippen molar-refractivity contribution in [1.29, 1.82) is 0 Å². The van der Waals surface area contributed by atoms with Crippen LogP contribution in [0.4, 0.5) is 0 Å². The van der Waals surface area contributed by atoms with Crippen LogP contribution in [0, 0.1) is 0 Å². The van der Waals surface area contributed by atoms with Gasteiger partial charge in [-0.1, -0.05) is 216 Å². The van der Waals surface area contributed by atoms with E-state index in [0.29, 0.717) is 0 Å². The van der Waals surface area contributed by atoms with E-state index in [9.17, 15) is 0 Å². The van der Waals surface area contributed by atoms with Gasteiger partial charge in [0.2, 0.25) is 0 Å². The molecule has 0 N–H and O–H groups in total. The number of benzene rings is 2. The molecule has 2 heteroatoms. The second kappa shape index (κ2) is 30.2. The first-order valence-corrected chi connectivity index (χ1v) is 21.2. The van der Waals surface area contributed by atoms with Crippen LogP contribution in [-0.4, -0.2) is 37.0 Å². The fourth-order valence-electron chi connectivity index (χ4n) is 7.19. The number of hydrogen-bond donors (Lipinski definition) is 0. The zero-order valence-electron chi connectivity index (χ0n) is 32.7.